The second-order valence-corrected chi connectivity index (χ2v) is 6.08. The molecule has 126 valence electrons. The number of hydrogen-bond acceptors (Lipinski definition) is 3. The van der Waals surface area contributed by atoms with E-state index in [1.165, 1.54) is 5.56 Å². The molecule has 2 aromatic rings. The van der Waals surface area contributed by atoms with Gasteiger partial charge < -0.3 is 14.4 Å². The minimum atomic E-state index is -0.509. The molecule has 2 aromatic carbocycles. The van der Waals surface area contributed by atoms with Crippen LogP contribution >= 0.6 is 0 Å². The van der Waals surface area contributed by atoms with E-state index >= 15 is 0 Å². The van der Waals surface area contributed by atoms with E-state index in [9.17, 15) is 4.79 Å². The van der Waals surface area contributed by atoms with Crippen molar-refractivity contribution in [3.63, 3.8) is 0 Å². The summed E-state index contributed by atoms with van der Waals surface area (Å²) in [5.41, 5.74) is 2.22. The number of fused-ring (bicyclic) bond motifs is 1. The number of carbonyl (C=O) groups excluding carboxylic acids is 1. The fourth-order valence-corrected chi connectivity index (χ4v) is 3.20. The number of ether oxygens (including phenoxy) is 2. The van der Waals surface area contributed by atoms with Crippen LogP contribution in [0.1, 0.15) is 25.8 Å². The first kappa shape index (κ1) is 16.4. The number of anilines is 1. The molecule has 4 heteroatoms. The molecule has 0 bridgehead atoms. The lowest BCUT2D eigenvalue weighted by atomic mass is 10.1. The lowest BCUT2D eigenvalue weighted by Gasteiger charge is -2.27. The second kappa shape index (κ2) is 6.95. The minimum Gasteiger partial charge on any atom is -0.497 e. The topological polar surface area (TPSA) is 38.8 Å². The molecular weight excluding hydrogens is 302 g/mol. The number of methoxy groups -OCH3 is 1. The summed E-state index contributed by atoms with van der Waals surface area (Å²) in [6.07, 6.45) is 0.990. The molecule has 0 N–H and O–H groups in total. The van der Waals surface area contributed by atoms with Gasteiger partial charge in [0.05, 0.1) is 7.11 Å². The van der Waals surface area contributed by atoms with Gasteiger partial charge in [0.1, 0.15) is 11.5 Å². The standard InChI is InChI=1S/C20H23NO3/c1-4-19(24-17-10-7-9-16(13-17)23-3)20(22)21-14(2)12-15-8-5-6-11-18(15)21/h5-11,13-14,19H,4,12H2,1-3H3/t14-,19+/m0/s1. The average molecular weight is 325 g/mol. The van der Waals surface area contributed by atoms with Crippen molar-refractivity contribution in [1.29, 1.82) is 0 Å². The first-order valence-electron chi connectivity index (χ1n) is 8.35. The Morgan fingerprint density at radius 2 is 1.96 bits per heavy atom. The van der Waals surface area contributed by atoms with Gasteiger partial charge >= 0.3 is 0 Å². The predicted octanol–water partition coefficient (Wildman–Crippen LogP) is 3.83. The summed E-state index contributed by atoms with van der Waals surface area (Å²) in [4.78, 5) is 15.0. The first-order valence-corrected chi connectivity index (χ1v) is 8.35. The Labute approximate surface area is 143 Å². The van der Waals surface area contributed by atoms with E-state index in [2.05, 4.69) is 13.0 Å². The molecule has 3 rings (SSSR count). The maximum atomic E-state index is 13.1. The molecule has 0 spiro atoms. The van der Waals surface area contributed by atoms with Gasteiger partial charge in [0.25, 0.3) is 5.91 Å². The number of benzene rings is 2. The lowest BCUT2D eigenvalue weighted by molar-refractivity contribution is -0.125. The molecule has 2 atom stereocenters. The van der Waals surface area contributed by atoms with Crippen LogP contribution in [0.5, 0.6) is 11.5 Å². The van der Waals surface area contributed by atoms with Gasteiger partial charge in [-0.1, -0.05) is 31.2 Å². The van der Waals surface area contributed by atoms with Gasteiger partial charge in [0.2, 0.25) is 0 Å². The summed E-state index contributed by atoms with van der Waals surface area (Å²) >= 11 is 0. The molecule has 0 fully saturated rings. The van der Waals surface area contributed by atoms with Crippen LogP contribution in [0.2, 0.25) is 0 Å². The van der Waals surface area contributed by atoms with Crippen molar-refractivity contribution in [3.8, 4) is 11.5 Å². The summed E-state index contributed by atoms with van der Waals surface area (Å²) in [6.45, 7) is 4.05. The Balaban J connectivity index is 1.82. The molecule has 1 amide bonds. The monoisotopic (exact) mass is 325 g/mol. The van der Waals surface area contributed by atoms with Crippen LogP contribution in [-0.2, 0) is 11.2 Å². The van der Waals surface area contributed by atoms with E-state index in [-0.39, 0.29) is 11.9 Å². The minimum absolute atomic E-state index is 0.0118. The first-order chi connectivity index (χ1) is 11.6. The van der Waals surface area contributed by atoms with Crippen LogP contribution < -0.4 is 14.4 Å². The van der Waals surface area contributed by atoms with Crippen LogP contribution in [-0.4, -0.2) is 25.2 Å². The highest BCUT2D eigenvalue weighted by Gasteiger charge is 2.34. The van der Waals surface area contributed by atoms with Crippen LogP contribution in [0.25, 0.3) is 0 Å². The molecule has 0 saturated carbocycles. The van der Waals surface area contributed by atoms with E-state index in [1.807, 2.05) is 48.2 Å². The second-order valence-electron chi connectivity index (χ2n) is 6.08. The fraction of sp³-hybridized carbons (Fsp3) is 0.350. The maximum absolute atomic E-state index is 13.1. The fourth-order valence-electron chi connectivity index (χ4n) is 3.20. The molecule has 1 aliphatic heterocycles. The third-order valence-electron chi connectivity index (χ3n) is 4.41. The molecule has 1 heterocycles. The van der Waals surface area contributed by atoms with Crippen molar-refractivity contribution >= 4 is 11.6 Å². The van der Waals surface area contributed by atoms with Gasteiger partial charge in [-0.3, -0.25) is 4.79 Å². The van der Waals surface area contributed by atoms with Crippen molar-refractivity contribution in [3.05, 3.63) is 54.1 Å². The van der Waals surface area contributed by atoms with E-state index in [1.54, 1.807) is 13.2 Å². The largest absolute Gasteiger partial charge is 0.497 e. The zero-order chi connectivity index (χ0) is 17.1. The number of para-hydroxylation sites is 1. The molecule has 0 unspecified atom stereocenters. The van der Waals surface area contributed by atoms with Crippen LogP contribution in [0.3, 0.4) is 0 Å². The van der Waals surface area contributed by atoms with Crippen molar-refractivity contribution in [1.82, 2.24) is 0 Å². The normalized spacial score (nSPS) is 17.3. The van der Waals surface area contributed by atoms with Crippen molar-refractivity contribution in [2.45, 2.75) is 38.8 Å². The Bertz CT molecular complexity index is 728. The van der Waals surface area contributed by atoms with Gasteiger partial charge in [-0.25, -0.2) is 0 Å². The SMILES string of the molecule is CC[C@@H](Oc1cccc(OC)c1)C(=O)N1c2ccccc2C[C@@H]1C. The molecular formula is C20H23NO3. The Morgan fingerprint density at radius 3 is 2.71 bits per heavy atom. The third kappa shape index (κ3) is 3.09. The zero-order valence-corrected chi connectivity index (χ0v) is 14.4. The molecule has 4 nitrogen and oxygen atoms in total. The van der Waals surface area contributed by atoms with E-state index in [0.29, 0.717) is 12.2 Å². The Kier molecular flexibility index (Phi) is 4.74. The quantitative estimate of drug-likeness (QED) is 0.838. The van der Waals surface area contributed by atoms with Gasteiger partial charge in [-0.15, -0.1) is 0 Å². The zero-order valence-electron chi connectivity index (χ0n) is 14.4. The molecule has 1 aliphatic rings. The van der Waals surface area contributed by atoms with E-state index < -0.39 is 6.10 Å². The third-order valence-corrected chi connectivity index (χ3v) is 4.41. The Morgan fingerprint density at radius 1 is 1.21 bits per heavy atom. The van der Waals surface area contributed by atoms with E-state index in [4.69, 9.17) is 9.47 Å². The number of rotatable bonds is 5. The summed E-state index contributed by atoms with van der Waals surface area (Å²) in [6, 6.07) is 15.6. The highest BCUT2D eigenvalue weighted by Crippen LogP contribution is 2.33. The molecule has 0 radical (unpaired) electrons. The highest BCUT2D eigenvalue weighted by molar-refractivity contribution is 5.99. The number of hydrogen-bond donors (Lipinski definition) is 0. The average Bonchev–Trinajstić information content (AvgIpc) is 2.95. The molecule has 24 heavy (non-hydrogen) atoms. The van der Waals surface area contributed by atoms with Crippen molar-refractivity contribution in [2.75, 3.05) is 12.0 Å². The van der Waals surface area contributed by atoms with E-state index in [0.717, 1.165) is 17.9 Å². The summed E-state index contributed by atoms with van der Waals surface area (Å²) in [5, 5.41) is 0. The van der Waals surface area contributed by atoms with Gasteiger partial charge in [-0.05, 0) is 43.5 Å². The van der Waals surface area contributed by atoms with Crippen LogP contribution in [0, 0.1) is 0 Å². The van der Waals surface area contributed by atoms with Gasteiger partial charge in [0.15, 0.2) is 6.10 Å². The van der Waals surface area contributed by atoms with Crippen molar-refractivity contribution in [2.24, 2.45) is 0 Å². The smallest absolute Gasteiger partial charge is 0.268 e. The lowest BCUT2D eigenvalue weighted by Crippen LogP contribution is -2.44. The van der Waals surface area contributed by atoms with Crippen LogP contribution in [0.4, 0.5) is 5.69 Å². The number of nitrogens with zero attached hydrogens (tertiary/aromatic N) is 1. The highest BCUT2D eigenvalue weighted by atomic mass is 16.5. The number of carbonyl (C=O) groups is 1. The Hall–Kier alpha value is -2.49. The maximum Gasteiger partial charge on any atom is 0.268 e. The molecule has 0 aliphatic carbocycles. The summed E-state index contributed by atoms with van der Waals surface area (Å²) in [7, 11) is 1.62. The molecule has 0 aromatic heterocycles. The summed E-state index contributed by atoms with van der Waals surface area (Å²) < 4.78 is 11.2. The summed E-state index contributed by atoms with van der Waals surface area (Å²) in [5.74, 6) is 1.38. The predicted molar refractivity (Wildman–Crippen MR) is 94.8 cm³/mol. The van der Waals surface area contributed by atoms with Gasteiger partial charge in [0, 0.05) is 17.8 Å². The van der Waals surface area contributed by atoms with Gasteiger partial charge in [-0.2, -0.15) is 0 Å². The molecule has 0 saturated heterocycles. The number of amides is 1. The van der Waals surface area contributed by atoms with Crippen LogP contribution in [0.15, 0.2) is 48.5 Å². The van der Waals surface area contributed by atoms with Crippen molar-refractivity contribution < 1.29 is 14.3 Å².